The van der Waals surface area contributed by atoms with Gasteiger partial charge in [0.05, 0.1) is 17.6 Å². The van der Waals surface area contributed by atoms with E-state index in [-0.39, 0.29) is 17.6 Å². The summed E-state index contributed by atoms with van der Waals surface area (Å²) in [6.07, 6.45) is -2.54. The quantitative estimate of drug-likeness (QED) is 0.278. The number of carbonyl (C=O) groups excluding carboxylic acids is 2. The smallest absolute Gasteiger partial charge is 0.416 e. The molecular weight excluding hydrogens is 547 g/mol. The van der Waals surface area contributed by atoms with Crippen molar-refractivity contribution < 1.29 is 27.5 Å². The summed E-state index contributed by atoms with van der Waals surface area (Å²) in [7, 11) is 0. The number of imidazole rings is 1. The summed E-state index contributed by atoms with van der Waals surface area (Å²) in [5.41, 5.74) is 0.180. The topological polar surface area (TPSA) is 98.1 Å². The Balaban J connectivity index is 1.44. The second-order valence-corrected chi connectivity index (χ2v) is 11.4. The summed E-state index contributed by atoms with van der Waals surface area (Å²) in [6.45, 7) is 4.93. The number of alkyl halides is 3. The van der Waals surface area contributed by atoms with E-state index < -0.39 is 41.8 Å². The first kappa shape index (κ1) is 29.1. The molecule has 1 fully saturated rings. The third-order valence-corrected chi connectivity index (χ3v) is 7.12. The first-order valence-electron chi connectivity index (χ1n) is 13.7. The molecule has 4 aromatic rings. The van der Waals surface area contributed by atoms with Crippen molar-refractivity contribution in [2.45, 2.75) is 69.9 Å². The first-order chi connectivity index (χ1) is 19.9. The molecule has 11 heteroatoms. The molecule has 0 spiro atoms. The van der Waals surface area contributed by atoms with Crippen LogP contribution in [0.25, 0.3) is 11.2 Å². The Hall–Kier alpha value is -4.41. The number of aromatic nitrogens is 3. The predicted molar refractivity (Wildman–Crippen MR) is 150 cm³/mol. The lowest BCUT2D eigenvalue weighted by atomic mass is 9.99. The monoisotopic (exact) mass is 579 g/mol. The molecule has 1 aliphatic rings. The molecule has 1 aliphatic carbocycles. The number of alkyl carbamates (subject to hydrolysis) is 1. The number of carbonyl (C=O) groups is 2. The second-order valence-electron chi connectivity index (χ2n) is 11.4. The van der Waals surface area contributed by atoms with Gasteiger partial charge in [-0.3, -0.25) is 4.79 Å². The Morgan fingerprint density at radius 1 is 1.00 bits per heavy atom. The van der Waals surface area contributed by atoms with E-state index in [9.17, 15) is 22.8 Å². The minimum atomic E-state index is -4.63. The molecule has 8 nitrogen and oxygen atoms in total. The molecule has 220 valence electrons. The highest BCUT2D eigenvalue weighted by molar-refractivity contribution is 5.86. The minimum Gasteiger partial charge on any atom is -0.444 e. The molecule has 2 N–H and O–H groups in total. The summed E-state index contributed by atoms with van der Waals surface area (Å²) in [6, 6.07) is 17.2. The van der Waals surface area contributed by atoms with Gasteiger partial charge in [0.1, 0.15) is 23.0 Å². The Labute approximate surface area is 241 Å². The summed E-state index contributed by atoms with van der Waals surface area (Å²) < 4.78 is 48.5. The van der Waals surface area contributed by atoms with Crippen LogP contribution in [0.4, 0.5) is 18.0 Å². The Kier molecular flexibility index (Phi) is 7.70. The van der Waals surface area contributed by atoms with Crippen LogP contribution in [-0.2, 0) is 34.2 Å². The average molecular weight is 580 g/mol. The number of benzene rings is 2. The fourth-order valence-corrected chi connectivity index (χ4v) is 5.18. The molecule has 42 heavy (non-hydrogen) atoms. The number of halogens is 3. The molecule has 0 saturated heterocycles. The molecule has 2 heterocycles. The maximum Gasteiger partial charge on any atom is 0.416 e. The van der Waals surface area contributed by atoms with Gasteiger partial charge in [-0.25, -0.2) is 14.8 Å². The predicted octanol–water partition coefficient (Wildman–Crippen LogP) is 5.74. The molecule has 0 radical (unpaired) electrons. The molecule has 1 atom stereocenters. The van der Waals surface area contributed by atoms with Crippen LogP contribution in [0, 0.1) is 0 Å². The van der Waals surface area contributed by atoms with E-state index in [0.29, 0.717) is 17.0 Å². The van der Waals surface area contributed by atoms with Crippen LogP contribution in [-0.4, -0.2) is 38.2 Å². The molecule has 2 aromatic carbocycles. The number of amides is 2. The molecule has 0 bridgehead atoms. The molecule has 1 saturated carbocycles. The average Bonchev–Trinajstić information content (AvgIpc) is 3.64. The molecule has 2 aromatic heterocycles. The van der Waals surface area contributed by atoms with Crippen molar-refractivity contribution in [2.24, 2.45) is 0 Å². The van der Waals surface area contributed by atoms with Gasteiger partial charge in [-0.1, -0.05) is 48.5 Å². The normalized spacial score (nSPS) is 15.2. The SMILES string of the molecule is CC(C)(C)OC(=O)NC(Cc1ccccc1C(F)(F)F)C(=O)NCc1nc2cccnc2n1C1(c2ccccc2)CC1. The highest BCUT2D eigenvalue weighted by Crippen LogP contribution is 2.51. The Bertz CT molecular complexity index is 1590. The molecule has 5 rings (SSSR count). The van der Waals surface area contributed by atoms with Gasteiger partial charge >= 0.3 is 12.3 Å². The van der Waals surface area contributed by atoms with E-state index in [4.69, 9.17) is 9.72 Å². The fourth-order valence-electron chi connectivity index (χ4n) is 5.18. The number of ether oxygens (including phenoxy) is 1. The lowest BCUT2D eigenvalue weighted by molar-refractivity contribution is -0.138. The first-order valence-corrected chi connectivity index (χ1v) is 13.7. The fraction of sp³-hybridized carbons (Fsp3) is 0.355. The van der Waals surface area contributed by atoms with Gasteiger partial charge in [-0.15, -0.1) is 0 Å². The largest absolute Gasteiger partial charge is 0.444 e. The number of hydrogen-bond donors (Lipinski definition) is 2. The summed E-state index contributed by atoms with van der Waals surface area (Å²) in [5, 5.41) is 5.26. The van der Waals surface area contributed by atoms with Crippen LogP contribution in [0.15, 0.2) is 72.9 Å². The third kappa shape index (κ3) is 6.24. The van der Waals surface area contributed by atoms with Gasteiger partial charge in [0.2, 0.25) is 5.91 Å². The van der Waals surface area contributed by atoms with Crippen LogP contribution >= 0.6 is 0 Å². The lowest BCUT2D eigenvalue weighted by Crippen LogP contribution is -2.49. The van der Waals surface area contributed by atoms with Gasteiger partial charge in [-0.2, -0.15) is 13.2 Å². The third-order valence-electron chi connectivity index (χ3n) is 7.12. The Morgan fingerprint density at radius 3 is 2.36 bits per heavy atom. The zero-order chi connectivity index (χ0) is 30.1. The van der Waals surface area contributed by atoms with Crippen LogP contribution in [0.1, 0.15) is 56.1 Å². The Morgan fingerprint density at radius 2 is 1.69 bits per heavy atom. The molecule has 2 amide bonds. The number of fused-ring (bicyclic) bond motifs is 1. The highest BCUT2D eigenvalue weighted by Gasteiger charge is 2.48. The van der Waals surface area contributed by atoms with Crippen molar-refractivity contribution in [3.8, 4) is 0 Å². The van der Waals surface area contributed by atoms with Gasteiger partial charge < -0.3 is 19.9 Å². The summed E-state index contributed by atoms with van der Waals surface area (Å²) in [4.78, 5) is 35.5. The van der Waals surface area contributed by atoms with Crippen molar-refractivity contribution in [3.05, 3.63) is 95.4 Å². The molecule has 0 aliphatic heterocycles. The van der Waals surface area contributed by atoms with Crippen molar-refractivity contribution in [1.29, 1.82) is 0 Å². The second kappa shape index (κ2) is 11.1. The van der Waals surface area contributed by atoms with Crippen LogP contribution < -0.4 is 10.6 Å². The van der Waals surface area contributed by atoms with Gasteiger partial charge in [-0.05, 0) is 62.9 Å². The zero-order valence-corrected chi connectivity index (χ0v) is 23.5. The van der Waals surface area contributed by atoms with Crippen molar-refractivity contribution in [3.63, 3.8) is 0 Å². The van der Waals surface area contributed by atoms with Gasteiger partial charge in [0.15, 0.2) is 5.65 Å². The number of nitrogens with zero attached hydrogens (tertiary/aromatic N) is 3. The number of nitrogens with one attached hydrogen (secondary N) is 2. The van der Waals surface area contributed by atoms with Gasteiger partial charge in [0, 0.05) is 12.6 Å². The van der Waals surface area contributed by atoms with Crippen molar-refractivity contribution in [1.82, 2.24) is 25.2 Å². The van der Waals surface area contributed by atoms with E-state index in [1.165, 1.54) is 18.2 Å². The van der Waals surface area contributed by atoms with E-state index in [2.05, 4.69) is 15.6 Å². The standard InChI is InChI=1S/C31H32F3N5O3/c1-29(2,3)42-28(41)38-24(18-20-10-7-8-13-22(20)31(32,33)34)27(40)36-19-25-37-23-14-9-17-35-26(23)39(25)30(15-16-30)21-11-5-4-6-12-21/h4-14,17,24H,15-16,18-19H2,1-3H3,(H,36,40)(H,38,41). The van der Waals surface area contributed by atoms with Gasteiger partial charge in [0.25, 0.3) is 0 Å². The zero-order valence-electron chi connectivity index (χ0n) is 23.5. The molecule has 1 unspecified atom stereocenters. The van der Waals surface area contributed by atoms with Crippen LogP contribution in [0.5, 0.6) is 0 Å². The maximum absolute atomic E-state index is 13.7. The van der Waals surface area contributed by atoms with E-state index in [0.717, 1.165) is 24.5 Å². The minimum absolute atomic E-state index is 0.0306. The van der Waals surface area contributed by atoms with E-state index in [1.54, 1.807) is 33.0 Å². The van der Waals surface area contributed by atoms with E-state index in [1.807, 2.05) is 41.0 Å². The lowest BCUT2D eigenvalue weighted by Gasteiger charge is -2.25. The van der Waals surface area contributed by atoms with Crippen LogP contribution in [0.2, 0.25) is 0 Å². The van der Waals surface area contributed by atoms with Crippen molar-refractivity contribution in [2.75, 3.05) is 0 Å². The van der Waals surface area contributed by atoms with E-state index >= 15 is 0 Å². The molecular formula is C31H32F3N5O3. The number of hydrogen-bond acceptors (Lipinski definition) is 5. The number of pyridine rings is 1. The summed E-state index contributed by atoms with van der Waals surface area (Å²) >= 11 is 0. The number of rotatable bonds is 8. The highest BCUT2D eigenvalue weighted by atomic mass is 19.4. The van der Waals surface area contributed by atoms with Crippen molar-refractivity contribution >= 4 is 23.2 Å². The van der Waals surface area contributed by atoms with Crippen LogP contribution in [0.3, 0.4) is 0 Å². The maximum atomic E-state index is 13.7. The summed E-state index contributed by atoms with van der Waals surface area (Å²) in [5.74, 6) is -0.126.